The molecular weight excluding hydrogens is 296 g/mol. The van der Waals surface area contributed by atoms with Crippen molar-refractivity contribution in [2.24, 2.45) is 0 Å². The molecule has 1 unspecified atom stereocenters. The summed E-state index contributed by atoms with van der Waals surface area (Å²) in [7, 11) is -1.51. The molecule has 2 rings (SSSR count). The third-order valence-electron chi connectivity index (χ3n) is 3.72. The first kappa shape index (κ1) is 16.5. The molecule has 0 aliphatic carbocycles. The third-order valence-corrected chi connectivity index (χ3v) is 5.16. The zero-order valence-corrected chi connectivity index (χ0v) is 14.0. The highest BCUT2D eigenvalue weighted by atomic mass is 32.2. The van der Waals surface area contributed by atoms with Crippen LogP contribution < -0.4 is 9.62 Å². The van der Waals surface area contributed by atoms with Gasteiger partial charge in [-0.1, -0.05) is 35.9 Å². The van der Waals surface area contributed by atoms with Gasteiger partial charge < -0.3 is 4.90 Å². The van der Waals surface area contributed by atoms with Crippen molar-refractivity contribution in [3.8, 4) is 0 Å². The minimum atomic E-state index is -3.46. The van der Waals surface area contributed by atoms with Gasteiger partial charge in [0.15, 0.2) is 0 Å². The van der Waals surface area contributed by atoms with E-state index < -0.39 is 10.0 Å². The van der Waals surface area contributed by atoms with Crippen LogP contribution in [0.15, 0.2) is 59.5 Å². The molecule has 1 atom stereocenters. The summed E-state index contributed by atoms with van der Waals surface area (Å²) in [6.07, 6.45) is 0. The van der Waals surface area contributed by atoms with Crippen molar-refractivity contribution >= 4 is 15.7 Å². The zero-order chi connectivity index (χ0) is 16.2. The Bertz CT molecular complexity index is 697. The molecule has 0 saturated carbocycles. The number of hydrogen-bond acceptors (Lipinski definition) is 3. The van der Waals surface area contributed by atoms with Crippen LogP contribution in [0.25, 0.3) is 0 Å². The molecule has 0 aliphatic heterocycles. The number of para-hydroxylation sites is 1. The van der Waals surface area contributed by atoms with Crippen LogP contribution in [-0.2, 0) is 10.0 Å². The van der Waals surface area contributed by atoms with E-state index in [1.54, 1.807) is 24.3 Å². The first-order valence-corrected chi connectivity index (χ1v) is 8.72. The fourth-order valence-electron chi connectivity index (χ4n) is 2.09. The van der Waals surface area contributed by atoms with Crippen molar-refractivity contribution in [3.63, 3.8) is 0 Å². The van der Waals surface area contributed by atoms with Crippen LogP contribution in [0, 0.1) is 6.92 Å². The van der Waals surface area contributed by atoms with Gasteiger partial charge in [0.2, 0.25) is 10.0 Å². The van der Waals surface area contributed by atoms with Gasteiger partial charge in [-0.3, -0.25) is 0 Å². The molecule has 5 heteroatoms. The molecule has 2 aromatic carbocycles. The topological polar surface area (TPSA) is 49.4 Å². The average Bonchev–Trinajstić information content (AvgIpc) is 2.53. The lowest BCUT2D eigenvalue weighted by molar-refractivity contribution is 0.570. The molecule has 0 aliphatic rings. The quantitative estimate of drug-likeness (QED) is 0.891. The maximum Gasteiger partial charge on any atom is 0.240 e. The Labute approximate surface area is 132 Å². The van der Waals surface area contributed by atoms with E-state index >= 15 is 0 Å². The van der Waals surface area contributed by atoms with Gasteiger partial charge in [-0.25, -0.2) is 13.1 Å². The van der Waals surface area contributed by atoms with Crippen LogP contribution in [0.5, 0.6) is 0 Å². The van der Waals surface area contributed by atoms with Crippen LogP contribution in [0.2, 0.25) is 0 Å². The van der Waals surface area contributed by atoms with Crippen molar-refractivity contribution in [1.82, 2.24) is 4.72 Å². The van der Waals surface area contributed by atoms with Crippen LogP contribution >= 0.6 is 0 Å². The number of nitrogens with one attached hydrogen (secondary N) is 1. The number of sulfonamides is 1. The summed E-state index contributed by atoms with van der Waals surface area (Å²) >= 11 is 0. The number of anilines is 1. The molecular formula is C17H22N2O2S. The molecule has 118 valence electrons. The van der Waals surface area contributed by atoms with E-state index in [1.165, 1.54) is 0 Å². The van der Waals surface area contributed by atoms with Gasteiger partial charge in [-0.05, 0) is 38.1 Å². The van der Waals surface area contributed by atoms with Crippen LogP contribution in [-0.4, -0.2) is 28.1 Å². The van der Waals surface area contributed by atoms with Crippen LogP contribution in [0.3, 0.4) is 0 Å². The van der Waals surface area contributed by atoms with E-state index in [9.17, 15) is 8.42 Å². The first-order chi connectivity index (χ1) is 10.4. The normalized spacial score (nSPS) is 12.9. The Morgan fingerprint density at radius 1 is 1.05 bits per heavy atom. The summed E-state index contributed by atoms with van der Waals surface area (Å²) in [6.45, 7) is 4.27. The van der Waals surface area contributed by atoms with Gasteiger partial charge in [0.25, 0.3) is 0 Å². The van der Waals surface area contributed by atoms with Crippen LogP contribution in [0.1, 0.15) is 12.5 Å². The van der Waals surface area contributed by atoms with E-state index in [4.69, 9.17) is 0 Å². The second-order valence-electron chi connectivity index (χ2n) is 5.46. The van der Waals surface area contributed by atoms with Gasteiger partial charge in [-0.15, -0.1) is 0 Å². The number of aryl methyl sites for hydroxylation is 1. The van der Waals surface area contributed by atoms with E-state index in [0.29, 0.717) is 11.4 Å². The van der Waals surface area contributed by atoms with E-state index in [2.05, 4.69) is 9.62 Å². The lowest BCUT2D eigenvalue weighted by Crippen LogP contribution is -2.40. The third kappa shape index (κ3) is 4.08. The summed E-state index contributed by atoms with van der Waals surface area (Å²) < 4.78 is 27.2. The molecule has 1 N–H and O–H groups in total. The highest BCUT2D eigenvalue weighted by Crippen LogP contribution is 2.14. The Morgan fingerprint density at radius 2 is 1.64 bits per heavy atom. The Hall–Kier alpha value is -1.85. The molecule has 0 fully saturated rings. The van der Waals surface area contributed by atoms with Crippen molar-refractivity contribution in [1.29, 1.82) is 0 Å². The average molecular weight is 318 g/mol. The predicted octanol–water partition coefficient (Wildman–Crippen LogP) is 2.80. The standard InChI is InChI=1S/C17H22N2O2S/c1-14-9-11-17(12-10-14)22(20,21)18-13-15(2)19(3)16-7-5-4-6-8-16/h4-12,15,18H,13H2,1-3H3. The number of benzene rings is 2. The maximum atomic E-state index is 12.3. The highest BCUT2D eigenvalue weighted by molar-refractivity contribution is 7.89. The molecule has 22 heavy (non-hydrogen) atoms. The van der Waals surface area contributed by atoms with E-state index in [1.807, 2.05) is 51.2 Å². The molecule has 0 bridgehead atoms. The number of rotatable bonds is 6. The molecule has 2 aromatic rings. The Morgan fingerprint density at radius 3 is 2.23 bits per heavy atom. The minimum absolute atomic E-state index is 0.0441. The second kappa shape index (κ2) is 6.94. The van der Waals surface area contributed by atoms with E-state index in [0.717, 1.165) is 11.3 Å². The van der Waals surface area contributed by atoms with Gasteiger partial charge in [0.1, 0.15) is 0 Å². The minimum Gasteiger partial charge on any atom is -0.371 e. The molecule has 4 nitrogen and oxygen atoms in total. The van der Waals surface area contributed by atoms with E-state index in [-0.39, 0.29) is 6.04 Å². The number of nitrogens with zero attached hydrogens (tertiary/aromatic N) is 1. The van der Waals surface area contributed by atoms with Crippen molar-refractivity contribution in [2.45, 2.75) is 24.8 Å². The lowest BCUT2D eigenvalue weighted by Gasteiger charge is -2.27. The van der Waals surface area contributed by atoms with Crippen molar-refractivity contribution in [2.75, 3.05) is 18.5 Å². The van der Waals surface area contributed by atoms with Gasteiger partial charge in [-0.2, -0.15) is 0 Å². The summed E-state index contributed by atoms with van der Waals surface area (Å²) in [4.78, 5) is 2.35. The largest absolute Gasteiger partial charge is 0.371 e. The van der Waals surface area contributed by atoms with Crippen molar-refractivity contribution < 1.29 is 8.42 Å². The monoisotopic (exact) mass is 318 g/mol. The van der Waals surface area contributed by atoms with Gasteiger partial charge in [0.05, 0.1) is 4.90 Å². The maximum absolute atomic E-state index is 12.3. The van der Waals surface area contributed by atoms with Gasteiger partial charge in [0, 0.05) is 25.3 Å². The molecule has 0 heterocycles. The second-order valence-corrected chi connectivity index (χ2v) is 7.23. The highest BCUT2D eigenvalue weighted by Gasteiger charge is 2.17. The molecule has 0 spiro atoms. The summed E-state index contributed by atoms with van der Waals surface area (Å²) in [5, 5.41) is 0. The Balaban J connectivity index is 2.01. The first-order valence-electron chi connectivity index (χ1n) is 7.24. The SMILES string of the molecule is Cc1ccc(S(=O)(=O)NCC(C)N(C)c2ccccc2)cc1. The number of likely N-dealkylation sites (N-methyl/N-ethyl adjacent to an activating group) is 1. The fourth-order valence-corrected chi connectivity index (χ4v) is 3.21. The smallest absolute Gasteiger partial charge is 0.240 e. The molecule has 0 aromatic heterocycles. The van der Waals surface area contributed by atoms with Crippen LogP contribution in [0.4, 0.5) is 5.69 Å². The zero-order valence-electron chi connectivity index (χ0n) is 13.2. The van der Waals surface area contributed by atoms with Gasteiger partial charge >= 0.3 is 0 Å². The molecule has 0 amide bonds. The lowest BCUT2D eigenvalue weighted by atomic mass is 10.2. The van der Waals surface area contributed by atoms with Crippen molar-refractivity contribution in [3.05, 3.63) is 60.2 Å². The summed E-state index contributed by atoms with van der Waals surface area (Å²) in [5.41, 5.74) is 2.10. The Kier molecular flexibility index (Phi) is 5.21. The summed E-state index contributed by atoms with van der Waals surface area (Å²) in [5.74, 6) is 0. The summed E-state index contributed by atoms with van der Waals surface area (Å²) in [6, 6.07) is 16.8. The predicted molar refractivity (Wildman–Crippen MR) is 90.7 cm³/mol. The molecule has 0 radical (unpaired) electrons. The fraction of sp³-hybridized carbons (Fsp3) is 0.294. The molecule has 0 saturated heterocycles. The number of hydrogen-bond donors (Lipinski definition) is 1.